The van der Waals surface area contributed by atoms with Gasteiger partial charge in [-0.15, -0.1) is 0 Å². The monoisotopic (exact) mass is 259 g/mol. The molecule has 1 unspecified atom stereocenters. The Morgan fingerprint density at radius 1 is 1.32 bits per heavy atom. The van der Waals surface area contributed by atoms with Crippen LogP contribution in [0.15, 0.2) is 18.2 Å². The quantitative estimate of drug-likeness (QED) is 0.896. The molecule has 2 heteroatoms. The van der Waals surface area contributed by atoms with Crippen LogP contribution in [0.4, 0.5) is 0 Å². The molecule has 1 aromatic carbocycles. The maximum absolute atomic E-state index is 6.03. The van der Waals surface area contributed by atoms with Gasteiger partial charge >= 0.3 is 0 Å². The Kier molecular flexibility index (Phi) is 3.53. The molecule has 0 bridgehead atoms. The molecule has 1 N–H and O–H groups in total. The molecule has 0 saturated heterocycles. The predicted molar refractivity (Wildman–Crippen MR) is 78.5 cm³/mol. The van der Waals surface area contributed by atoms with Crippen LogP contribution < -0.4 is 10.1 Å². The van der Waals surface area contributed by atoms with Gasteiger partial charge < -0.3 is 10.1 Å². The van der Waals surface area contributed by atoms with Crippen molar-refractivity contribution in [1.82, 2.24) is 5.32 Å². The molecule has 1 atom stereocenters. The van der Waals surface area contributed by atoms with Crippen LogP contribution in [0.2, 0.25) is 0 Å². The molecule has 1 aliphatic carbocycles. The first-order valence-corrected chi connectivity index (χ1v) is 7.58. The first kappa shape index (κ1) is 13.0. The molecule has 3 rings (SSSR count). The fourth-order valence-corrected chi connectivity index (χ4v) is 3.48. The zero-order valence-electron chi connectivity index (χ0n) is 12.2. The maximum atomic E-state index is 6.03. The molecule has 2 aliphatic rings. The van der Waals surface area contributed by atoms with Gasteiger partial charge in [-0.2, -0.15) is 0 Å². The van der Waals surface area contributed by atoms with E-state index < -0.39 is 0 Å². The molecule has 19 heavy (non-hydrogen) atoms. The lowest BCUT2D eigenvalue weighted by atomic mass is 9.91. The Balaban J connectivity index is 1.58. The van der Waals surface area contributed by atoms with E-state index in [2.05, 4.69) is 37.4 Å². The van der Waals surface area contributed by atoms with Gasteiger partial charge in [-0.05, 0) is 66.8 Å². The molecule has 0 spiro atoms. The summed E-state index contributed by atoms with van der Waals surface area (Å²) in [5, 5.41) is 3.41. The summed E-state index contributed by atoms with van der Waals surface area (Å²) in [5.41, 5.74) is 3.42. The highest BCUT2D eigenvalue weighted by molar-refractivity contribution is 5.37. The Labute approximate surface area is 116 Å². The van der Waals surface area contributed by atoms with Gasteiger partial charge in [0.15, 0.2) is 0 Å². The lowest BCUT2D eigenvalue weighted by Crippen LogP contribution is -2.23. The van der Waals surface area contributed by atoms with Crippen molar-refractivity contribution in [2.24, 2.45) is 11.3 Å². The molecular formula is C17H25NO. The zero-order chi connectivity index (χ0) is 13.3. The minimum Gasteiger partial charge on any atom is -0.493 e. The lowest BCUT2D eigenvalue weighted by Gasteiger charge is -2.19. The van der Waals surface area contributed by atoms with E-state index in [1.54, 1.807) is 0 Å². The van der Waals surface area contributed by atoms with Crippen LogP contribution in [0.25, 0.3) is 0 Å². The Morgan fingerprint density at radius 2 is 2.21 bits per heavy atom. The molecule has 1 aromatic rings. The molecule has 104 valence electrons. The number of hydrogen-bond acceptors (Lipinski definition) is 2. The van der Waals surface area contributed by atoms with Crippen LogP contribution >= 0.6 is 0 Å². The van der Waals surface area contributed by atoms with Gasteiger partial charge in [0, 0.05) is 6.54 Å². The highest BCUT2D eigenvalue weighted by atomic mass is 16.5. The zero-order valence-corrected chi connectivity index (χ0v) is 12.2. The summed E-state index contributed by atoms with van der Waals surface area (Å²) in [6.07, 6.45) is 5.10. The second-order valence-electron chi connectivity index (χ2n) is 6.94. The Hall–Kier alpha value is -1.02. The van der Waals surface area contributed by atoms with E-state index in [0.717, 1.165) is 37.8 Å². The van der Waals surface area contributed by atoms with Crippen LogP contribution in [0.1, 0.15) is 44.2 Å². The number of nitrogens with one attached hydrogen (secondary N) is 1. The van der Waals surface area contributed by atoms with E-state index in [-0.39, 0.29) is 0 Å². The molecule has 1 aliphatic heterocycles. The number of rotatable bonds is 3. The summed E-state index contributed by atoms with van der Waals surface area (Å²) in [4.78, 5) is 0. The van der Waals surface area contributed by atoms with Crippen molar-refractivity contribution in [2.45, 2.75) is 46.1 Å². The van der Waals surface area contributed by atoms with Crippen molar-refractivity contribution >= 4 is 0 Å². The average molecular weight is 259 g/mol. The van der Waals surface area contributed by atoms with E-state index in [0.29, 0.717) is 5.41 Å². The smallest absolute Gasteiger partial charge is 0.119 e. The molecule has 0 amide bonds. The lowest BCUT2D eigenvalue weighted by molar-refractivity contribution is 0.238. The number of hydrogen-bond donors (Lipinski definition) is 1. The molecule has 0 aromatic heterocycles. The van der Waals surface area contributed by atoms with E-state index in [4.69, 9.17) is 4.74 Å². The average Bonchev–Trinajstić information content (AvgIpc) is 2.76. The Morgan fingerprint density at radius 3 is 3.00 bits per heavy atom. The van der Waals surface area contributed by atoms with Crippen LogP contribution in [-0.4, -0.2) is 13.2 Å². The highest BCUT2D eigenvalue weighted by Gasteiger charge is 2.31. The third-order valence-electron chi connectivity index (χ3n) is 4.62. The van der Waals surface area contributed by atoms with Crippen LogP contribution in [-0.2, 0) is 13.0 Å². The fraction of sp³-hybridized carbons (Fsp3) is 0.647. The first-order valence-electron chi connectivity index (χ1n) is 7.58. The van der Waals surface area contributed by atoms with Crippen molar-refractivity contribution in [2.75, 3.05) is 13.2 Å². The fourth-order valence-electron chi connectivity index (χ4n) is 3.48. The van der Waals surface area contributed by atoms with E-state index in [9.17, 15) is 0 Å². The maximum Gasteiger partial charge on any atom is 0.119 e. The largest absolute Gasteiger partial charge is 0.493 e. The van der Waals surface area contributed by atoms with Crippen LogP contribution in [0.5, 0.6) is 5.75 Å². The van der Waals surface area contributed by atoms with E-state index in [1.807, 2.05) is 0 Å². The summed E-state index contributed by atoms with van der Waals surface area (Å²) in [7, 11) is 0. The van der Waals surface area contributed by atoms with Crippen molar-refractivity contribution in [1.29, 1.82) is 0 Å². The summed E-state index contributed by atoms with van der Waals surface area (Å²) in [6.45, 7) is 7.73. The van der Waals surface area contributed by atoms with Gasteiger partial charge in [0.1, 0.15) is 5.75 Å². The Bertz CT molecular complexity index is 453. The third kappa shape index (κ3) is 3.11. The molecule has 1 heterocycles. The molecule has 0 radical (unpaired) electrons. The summed E-state index contributed by atoms with van der Waals surface area (Å²) < 4.78 is 6.03. The van der Waals surface area contributed by atoms with Gasteiger partial charge in [-0.3, -0.25) is 0 Å². The second-order valence-corrected chi connectivity index (χ2v) is 6.94. The van der Waals surface area contributed by atoms with Gasteiger partial charge in [-0.25, -0.2) is 0 Å². The summed E-state index contributed by atoms with van der Waals surface area (Å²) in [5.74, 6) is 1.80. The minimum absolute atomic E-state index is 0.523. The molecule has 1 saturated carbocycles. The summed E-state index contributed by atoms with van der Waals surface area (Å²) >= 11 is 0. The normalized spacial score (nSPS) is 25.1. The minimum atomic E-state index is 0.523. The van der Waals surface area contributed by atoms with Gasteiger partial charge in [0.25, 0.3) is 0 Å². The standard InChI is InChI=1S/C17H25NO/c1-17(2)7-5-13(10-17)12-19-16-4-3-15-11-18-8-6-14(15)9-16/h3-4,9,13,18H,5-8,10-12H2,1-2H3. The predicted octanol–water partition coefficient (Wildman–Crippen LogP) is 3.54. The van der Waals surface area contributed by atoms with Crippen molar-refractivity contribution in [3.63, 3.8) is 0 Å². The molecule has 2 nitrogen and oxygen atoms in total. The second kappa shape index (κ2) is 5.16. The van der Waals surface area contributed by atoms with Gasteiger partial charge in [0.05, 0.1) is 6.61 Å². The number of fused-ring (bicyclic) bond motifs is 1. The summed E-state index contributed by atoms with van der Waals surface area (Å²) in [6, 6.07) is 6.59. The molecular weight excluding hydrogens is 234 g/mol. The molecule has 1 fully saturated rings. The van der Waals surface area contributed by atoms with Crippen LogP contribution in [0, 0.1) is 11.3 Å². The number of ether oxygens (including phenoxy) is 1. The first-order chi connectivity index (χ1) is 9.12. The topological polar surface area (TPSA) is 21.3 Å². The van der Waals surface area contributed by atoms with E-state index >= 15 is 0 Å². The number of benzene rings is 1. The van der Waals surface area contributed by atoms with Gasteiger partial charge in [-0.1, -0.05) is 19.9 Å². The van der Waals surface area contributed by atoms with E-state index in [1.165, 1.54) is 30.4 Å². The SMILES string of the molecule is CC1(C)CCC(COc2ccc3c(c2)CCNC3)C1. The van der Waals surface area contributed by atoms with Crippen LogP contribution in [0.3, 0.4) is 0 Å². The van der Waals surface area contributed by atoms with Crippen molar-refractivity contribution < 1.29 is 4.74 Å². The third-order valence-corrected chi connectivity index (χ3v) is 4.62. The van der Waals surface area contributed by atoms with Crippen molar-refractivity contribution in [3.8, 4) is 5.75 Å². The van der Waals surface area contributed by atoms with Gasteiger partial charge in [0.2, 0.25) is 0 Å². The highest BCUT2D eigenvalue weighted by Crippen LogP contribution is 2.41. The van der Waals surface area contributed by atoms with Crippen molar-refractivity contribution in [3.05, 3.63) is 29.3 Å².